The first-order valence-electron chi connectivity index (χ1n) is 10.00. The van der Waals surface area contributed by atoms with Gasteiger partial charge in [-0.1, -0.05) is 30.3 Å². The van der Waals surface area contributed by atoms with E-state index >= 15 is 0 Å². The predicted octanol–water partition coefficient (Wildman–Crippen LogP) is 2.89. The summed E-state index contributed by atoms with van der Waals surface area (Å²) in [5.74, 6) is -0.219. The van der Waals surface area contributed by atoms with Crippen LogP contribution in [-0.2, 0) is 6.54 Å². The topological polar surface area (TPSA) is 30.0 Å². The van der Waals surface area contributed by atoms with Gasteiger partial charge in [0.1, 0.15) is 5.82 Å². The second-order valence-electron chi connectivity index (χ2n) is 7.48. The molecule has 148 valence electrons. The van der Waals surface area contributed by atoms with Crippen molar-refractivity contribution in [1.29, 1.82) is 0 Å². The van der Waals surface area contributed by atoms with E-state index in [4.69, 9.17) is 0 Å². The maximum atomic E-state index is 13.1. The Morgan fingerprint density at radius 3 is 1.93 bits per heavy atom. The van der Waals surface area contributed by atoms with Gasteiger partial charge < -0.3 is 14.7 Å². The summed E-state index contributed by atoms with van der Waals surface area (Å²) in [5, 5.41) is 0. The zero-order valence-corrected chi connectivity index (χ0v) is 16.1. The van der Waals surface area contributed by atoms with Crippen molar-refractivity contribution in [2.45, 2.75) is 6.54 Å². The fourth-order valence-corrected chi connectivity index (χ4v) is 3.95. The normalized spacial score (nSPS) is 18.4. The molecule has 0 spiro atoms. The van der Waals surface area contributed by atoms with E-state index in [1.807, 2.05) is 15.9 Å². The number of amides is 2. The number of urea groups is 1. The molecule has 6 heteroatoms. The monoisotopic (exact) mass is 382 g/mol. The molecule has 2 fully saturated rings. The van der Waals surface area contributed by atoms with Crippen LogP contribution in [0.4, 0.5) is 14.9 Å². The quantitative estimate of drug-likeness (QED) is 0.818. The molecule has 2 aromatic carbocycles. The number of hydrogen-bond acceptors (Lipinski definition) is 3. The maximum Gasteiger partial charge on any atom is 0.320 e. The van der Waals surface area contributed by atoms with Gasteiger partial charge in [-0.25, -0.2) is 9.18 Å². The van der Waals surface area contributed by atoms with Gasteiger partial charge in [0.05, 0.1) is 0 Å². The molecular formula is C22H27FN4O. The Bertz CT molecular complexity index is 767. The number of halogens is 1. The fraction of sp³-hybridized carbons (Fsp3) is 0.409. The highest BCUT2D eigenvalue weighted by Gasteiger charge is 2.27. The van der Waals surface area contributed by atoms with E-state index in [0.717, 1.165) is 51.5 Å². The largest absolute Gasteiger partial charge is 0.368 e. The summed E-state index contributed by atoms with van der Waals surface area (Å²) in [6, 6.07) is 17.2. The first-order chi connectivity index (χ1) is 13.7. The number of piperazine rings is 2. The lowest BCUT2D eigenvalue weighted by Crippen LogP contribution is -2.56. The van der Waals surface area contributed by atoms with Crippen LogP contribution in [0.25, 0.3) is 0 Å². The summed E-state index contributed by atoms with van der Waals surface area (Å²) >= 11 is 0. The first-order valence-corrected chi connectivity index (χ1v) is 10.00. The van der Waals surface area contributed by atoms with Crippen LogP contribution in [0.5, 0.6) is 0 Å². The summed E-state index contributed by atoms with van der Waals surface area (Å²) in [7, 11) is 0. The van der Waals surface area contributed by atoms with Gasteiger partial charge in [0.2, 0.25) is 0 Å². The van der Waals surface area contributed by atoms with E-state index in [1.165, 1.54) is 17.7 Å². The average molecular weight is 382 g/mol. The number of hydrogen-bond donors (Lipinski definition) is 0. The number of nitrogens with zero attached hydrogens (tertiary/aromatic N) is 4. The number of anilines is 1. The highest BCUT2D eigenvalue weighted by atomic mass is 19.1. The number of carbonyl (C=O) groups is 1. The fourth-order valence-electron chi connectivity index (χ4n) is 3.95. The van der Waals surface area contributed by atoms with Crippen molar-refractivity contribution in [3.8, 4) is 0 Å². The maximum absolute atomic E-state index is 13.1. The Morgan fingerprint density at radius 1 is 0.750 bits per heavy atom. The third-order valence-corrected chi connectivity index (χ3v) is 5.63. The third-order valence-electron chi connectivity index (χ3n) is 5.63. The van der Waals surface area contributed by atoms with Crippen LogP contribution in [0, 0.1) is 5.82 Å². The molecule has 0 aromatic heterocycles. The van der Waals surface area contributed by atoms with Crippen molar-refractivity contribution >= 4 is 11.7 Å². The molecule has 0 saturated carbocycles. The highest BCUT2D eigenvalue weighted by Crippen LogP contribution is 2.18. The molecule has 28 heavy (non-hydrogen) atoms. The molecule has 0 radical (unpaired) electrons. The van der Waals surface area contributed by atoms with Gasteiger partial charge in [-0.15, -0.1) is 0 Å². The van der Waals surface area contributed by atoms with Crippen molar-refractivity contribution in [2.24, 2.45) is 0 Å². The van der Waals surface area contributed by atoms with Crippen LogP contribution in [0.3, 0.4) is 0 Å². The molecule has 2 aromatic rings. The summed E-state index contributed by atoms with van der Waals surface area (Å²) < 4.78 is 13.1. The molecule has 0 atom stereocenters. The molecule has 0 unspecified atom stereocenters. The molecule has 0 N–H and O–H groups in total. The first kappa shape index (κ1) is 18.7. The Morgan fingerprint density at radius 2 is 1.32 bits per heavy atom. The molecule has 0 bridgehead atoms. The molecule has 2 saturated heterocycles. The van der Waals surface area contributed by atoms with Gasteiger partial charge in [0.25, 0.3) is 0 Å². The van der Waals surface area contributed by atoms with Crippen molar-refractivity contribution in [3.63, 3.8) is 0 Å². The van der Waals surface area contributed by atoms with Gasteiger partial charge >= 0.3 is 6.03 Å². The van der Waals surface area contributed by atoms with Gasteiger partial charge in [0.15, 0.2) is 0 Å². The van der Waals surface area contributed by atoms with Gasteiger partial charge in [-0.3, -0.25) is 4.90 Å². The number of rotatable bonds is 3. The Hall–Kier alpha value is -2.60. The summed E-state index contributed by atoms with van der Waals surface area (Å²) in [6.07, 6.45) is 0. The minimum atomic E-state index is -0.219. The van der Waals surface area contributed by atoms with E-state index in [1.54, 1.807) is 12.1 Å². The van der Waals surface area contributed by atoms with Crippen LogP contribution in [-0.4, -0.2) is 73.1 Å². The van der Waals surface area contributed by atoms with Crippen molar-refractivity contribution < 1.29 is 9.18 Å². The minimum Gasteiger partial charge on any atom is -0.368 e. The van der Waals surface area contributed by atoms with Crippen LogP contribution in [0.15, 0.2) is 54.6 Å². The highest BCUT2D eigenvalue weighted by molar-refractivity contribution is 5.75. The third kappa shape index (κ3) is 4.44. The summed E-state index contributed by atoms with van der Waals surface area (Å²) in [6.45, 7) is 7.32. The van der Waals surface area contributed by atoms with E-state index in [-0.39, 0.29) is 11.8 Å². The van der Waals surface area contributed by atoms with Gasteiger partial charge in [-0.2, -0.15) is 0 Å². The Labute approximate surface area is 165 Å². The standard InChI is InChI=1S/C22H27FN4O/c23-20-6-8-21(9-7-20)25-14-16-27(17-15-25)22(28)26-12-10-24(11-13-26)18-19-4-2-1-3-5-19/h1-9H,10-18H2. The van der Waals surface area contributed by atoms with Crippen molar-refractivity contribution in [1.82, 2.24) is 14.7 Å². The van der Waals surface area contributed by atoms with E-state index in [0.29, 0.717) is 13.1 Å². The lowest BCUT2D eigenvalue weighted by Gasteiger charge is -2.41. The number of benzene rings is 2. The lowest BCUT2D eigenvalue weighted by atomic mass is 10.2. The van der Waals surface area contributed by atoms with Gasteiger partial charge in [-0.05, 0) is 29.8 Å². The Kier molecular flexibility index (Phi) is 5.76. The van der Waals surface area contributed by atoms with Crippen LogP contribution in [0.1, 0.15) is 5.56 Å². The van der Waals surface area contributed by atoms with Crippen molar-refractivity contribution in [2.75, 3.05) is 57.3 Å². The molecule has 0 aliphatic carbocycles. The molecule has 4 rings (SSSR count). The molecule has 2 amide bonds. The minimum absolute atomic E-state index is 0.151. The van der Waals surface area contributed by atoms with Gasteiger partial charge in [0, 0.05) is 64.6 Å². The van der Waals surface area contributed by atoms with Crippen LogP contribution >= 0.6 is 0 Å². The second-order valence-corrected chi connectivity index (χ2v) is 7.48. The van der Waals surface area contributed by atoms with Crippen molar-refractivity contribution in [3.05, 3.63) is 66.0 Å². The molecule has 2 heterocycles. The number of carbonyl (C=O) groups excluding carboxylic acids is 1. The predicted molar refractivity (Wildman–Crippen MR) is 109 cm³/mol. The van der Waals surface area contributed by atoms with E-state index < -0.39 is 0 Å². The molecule has 2 aliphatic heterocycles. The average Bonchev–Trinajstić information content (AvgIpc) is 2.75. The summed E-state index contributed by atoms with van der Waals surface area (Å²) in [4.78, 5) is 21.4. The molecule has 5 nitrogen and oxygen atoms in total. The zero-order valence-electron chi connectivity index (χ0n) is 16.1. The molecular weight excluding hydrogens is 355 g/mol. The SMILES string of the molecule is O=C(N1CCN(Cc2ccccc2)CC1)N1CCN(c2ccc(F)cc2)CC1. The Balaban J connectivity index is 1.24. The zero-order chi connectivity index (χ0) is 19.3. The van der Waals surface area contributed by atoms with E-state index in [2.05, 4.69) is 34.1 Å². The van der Waals surface area contributed by atoms with E-state index in [9.17, 15) is 9.18 Å². The van der Waals surface area contributed by atoms with Crippen LogP contribution < -0.4 is 4.90 Å². The summed E-state index contributed by atoms with van der Waals surface area (Å²) in [5.41, 5.74) is 2.34. The molecule has 2 aliphatic rings. The smallest absolute Gasteiger partial charge is 0.320 e. The lowest BCUT2D eigenvalue weighted by molar-refractivity contribution is 0.108. The second kappa shape index (κ2) is 8.61. The van der Waals surface area contributed by atoms with Crippen LogP contribution in [0.2, 0.25) is 0 Å².